The van der Waals surface area contributed by atoms with Gasteiger partial charge in [-0.3, -0.25) is 0 Å². The van der Waals surface area contributed by atoms with Crippen LogP contribution >= 0.6 is 0 Å². The highest BCUT2D eigenvalue weighted by Gasteiger charge is 2.22. The third-order valence-electron chi connectivity index (χ3n) is 3.70. The zero-order valence-corrected chi connectivity index (χ0v) is 11.7. The highest BCUT2D eigenvalue weighted by molar-refractivity contribution is 5.37. The van der Waals surface area contributed by atoms with Crippen molar-refractivity contribution in [3.63, 3.8) is 0 Å². The number of ether oxygens (including phenoxy) is 1. The Kier molecular flexibility index (Phi) is 3.97. The highest BCUT2D eigenvalue weighted by Crippen LogP contribution is 2.34. The van der Waals surface area contributed by atoms with Gasteiger partial charge in [-0.2, -0.15) is 5.10 Å². The lowest BCUT2D eigenvalue weighted by molar-refractivity contribution is 0.255. The summed E-state index contributed by atoms with van der Waals surface area (Å²) in [6, 6.07) is 8.29. The molecule has 2 aromatic rings. The molecule has 106 valence electrons. The van der Waals surface area contributed by atoms with E-state index in [2.05, 4.69) is 34.5 Å². The van der Waals surface area contributed by atoms with Crippen LogP contribution in [-0.4, -0.2) is 27.9 Å². The fourth-order valence-corrected chi connectivity index (χ4v) is 2.63. The molecule has 1 unspecified atom stereocenters. The molecule has 0 bridgehead atoms. The summed E-state index contributed by atoms with van der Waals surface area (Å²) in [5.74, 6) is 2.45. The molecule has 1 atom stereocenters. The molecule has 5 heteroatoms. The Morgan fingerprint density at radius 2 is 2.30 bits per heavy atom. The zero-order valence-electron chi connectivity index (χ0n) is 11.7. The standard InChI is InChI=1S/C15H20N4O/c1-2-16-9-15-17-11-18-19(15)10-12-7-8-20-14-6-4-3-5-13(12)14/h3-6,11-12,16H,2,7-10H2,1H3. The minimum absolute atomic E-state index is 0.446. The molecule has 20 heavy (non-hydrogen) atoms. The summed E-state index contributed by atoms with van der Waals surface area (Å²) in [4.78, 5) is 4.33. The summed E-state index contributed by atoms with van der Waals surface area (Å²) in [6.07, 6.45) is 2.66. The first kappa shape index (κ1) is 13.1. The maximum atomic E-state index is 5.71. The first-order chi connectivity index (χ1) is 9.88. The molecule has 2 heterocycles. The van der Waals surface area contributed by atoms with E-state index in [-0.39, 0.29) is 0 Å². The van der Waals surface area contributed by atoms with Crippen LogP contribution in [-0.2, 0) is 13.1 Å². The number of nitrogens with one attached hydrogen (secondary N) is 1. The maximum Gasteiger partial charge on any atom is 0.140 e. The van der Waals surface area contributed by atoms with Gasteiger partial charge in [-0.1, -0.05) is 25.1 Å². The zero-order chi connectivity index (χ0) is 13.8. The van der Waals surface area contributed by atoms with Crippen LogP contribution in [0.1, 0.15) is 30.7 Å². The van der Waals surface area contributed by atoms with Gasteiger partial charge in [-0.25, -0.2) is 9.67 Å². The van der Waals surface area contributed by atoms with Crippen molar-refractivity contribution in [1.29, 1.82) is 0 Å². The Bertz CT molecular complexity index is 567. The highest BCUT2D eigenvalue weighted by atomic mass is 16.5. The van der Waals surface area contributed by atoms with Crippen molar-refractivity contribution in [3.05, 3.63) is 42.0 Å². The normalized spacial score (nSPS) is 17.6. The van der Waals surface area contributed by atoms with Gasteiger partial charge in [0.1, 0.15) is 17.9 Å². The molecule has 1 aliphatic heterocycles. The molecule has 1 N–H and O–H groups in total. The van der Waals surface area contributed by atoms with E-state index in [0.717, 1.165) is 44.2 Å². The minimum Gasteiger partial charge on any atom is -0.493 e. The van der Waals surface area contributed by atoms with E-state index in [1.165, 1.54) is 5.56 Å². The Balaban J connectivity index is 1.77. The number of nitrogens with zero attached hydrogens (tertiary/aromatic N) is 3. The second-order valence-corrected chi connectivity index (χ2v) is 5.01. The monoisotopic (exact) mass is 272 g/mol. The average molecular weight is 272 g/mol. The summed E-state index contributed by atoms with van der Waals surface area (Å²) in [5, 5.41) is 7.66. The average Bonchev–Trinajstić information content (AvgIpc) is 2.93. The number of rotatable bonds is 5. The van der Waals surface area contributed by atoms with Gasteiger partial charge >= 0.3 is 0 Å². The lowest BCUT2D eigenvalue weighted by atomic mass is 9.93. The van der Waals surface area contributed by atoms with Crippen molar-refractivity contribution in [2.45, 2.75) is 32.4 Å². The second-order valence-electron chi connectivity index (χ2n) is 5.01. The maximum absolute atomic E-state index is 5.71. The van der Waals surface area contributed by atoms with Gasteiger partial charge in [-0.15, -0.1) is 0 Å². The van der Waals surface area contributed by atoms with Crippen LogP contribution in [0.4, 0.5) is 0 Å². The van der Waals surface area contributed by atoms with Crippen LogP contribution in [0.15, 0.2) is 30.6 Å². The van der Waals surface area contributed by atoms with E-state index in [0.29, 0.717) is 5.92 Å². The van der Waals surface area contributed by atoms with Crippen molar-refractivity contribution in [2.24, 2.45) is 0 Å². The van der Waals surface area contributed by atoms with Crippen molar-refractivity contribution in [2.75, 3.05) is 13.2 Å². The van der Waals surface area contributed by atoms with Crippen molar-refractivity contribution >= 4 is 0 Å². The molecule has 5 nitrogen and oxygen atoms in total. The molecule has 0 spiro atoms. The van der Waals surface area contributed by atoms with Gasteiger partial charge in [0, 0.05) is 5.92 Å². The van der Waals surface area contributed by atoms with Gasteiger partial charge in [0.05, 0.1) is 19.7 Å². The number of para-hydroxylation sites is 1. The van der Waals surface area contributed by atoms with E-state index in [1.54, 1.807) is 6.33 Å². The number of hydrogen-bond donors (Lipinski definition) is 1. The molecule has 1 aromatic heterocycles. The molecular weight excluding hydrogens is 252 g/mol. The van der Waals surface area contributed by atoms with Crippen LogP contribution in [0.25, 0.3) is 0 Å². The quantitative estimate of drug-likeness (QED) is 0.904. The molecule has 0 saturated heterocycles. The summed E-state index contributed by atoms with van der Waals surface area (Å²) in [5.41, 5.74) is 1.28. The van der Waals surface area contributed by atoms with Gasteiger partial charge in [-0.05, 0) is 24.6 Å². The van der Waals surface area contributed by atoms with E-state index in [1.807, 2.05) is 16.8 Å². The molecule has 0 fully saturated rings. The topological polar surface area (TPSA) is 52.0 Å². The van der Waals surface area contributed by atoms with Crippen molar-refractivity contribution in [1.82, 2.24) is 20.1 Å². The molecule has 3 rings (SSSR count). The fraction of sp³-hybridized carbons (Fsp3) is 0.467. The van der Waals surface area contributed by atoms with Gasteiger partial charge in [0.15, 0.2) is 0 Å². The van der Waals surface area contributed by atoms with Gasteiger partial charge in [0.2, 0.25) is 0 Å². The van der Waals surface area contributed by atoms with Crippen LogP contribution in [0, 0.1) is 0 Å². The number of hydrogen-bond acceptors (Lipinski definition) is 4. The largest absolute Gasteiger partial charge is 0.493 e. The van der Waals surface area contributed by atoms with Crippen LogP contribution < -0.4 is 10.1 Å². The summed E-state index contributed by atoms with van der Waals surface area (Å²) in [7, 11) is 0. The lowest BCUT2D eigenvalue weighted by Crippen LogP contribution is -2.22. The SMILES string of the molecule is CCNCc1ncnn1CC1CCOc2ccccc21. The Morgan fingerprint density at radius 1 is 1.40 bits per heavy atom. The third kappa shape index (κ3) is 2.67. The Labute approximate surface area is 119 Å². The van der Waals surface area contributed by atoms with Crippen molar-refractivity contribution in [3.8, 4) is 5.75 Å². The second kappa shape index (κ2) is 6.05. The predicted octanol–water partition coefficient (Wildman–Crippen LogP) is 1.95. The minimum atomic E-state index is 0.446. The summed E-state index contributed by atoms with van der Waals surface area (Å²) >= 11 is 0. The predicted molar refractivity (Wildman–Crippen MR) is 76.7 cm³/mol. The molecular formula is C15H20N4O. The lowest BCUT2D eigenvalue weighted by Gasteiger charge is -2.26. The summed E-state index contributed by atoms with van der Waals surface area (Å²) < 4.78 is 7.72. The first-order valence-electron chi connectivity index (χ1n) is 7.17. The van der Waals surface area contributed by atoms with Gasteiger partial charge in [0.25, 0.3) is 0 Å². The molecule has 1 aliphatic rings. The van der Waals surface area contributed by atoms with Gasteiger partial charge < -0.3 is 10.1 Å². The van der Waals surface area contributed by atoms with Crippen molar-refractivity contribution < 1.29 is 4.74 Å². The number of benzene rings is 1. The molecule has 0 aliphatic carbocycles. The third-order valence-corrected chi connectivity index (χ3v) is 3.70. The molecule has 0 saturated carbocycles. The number of aromatic nitrogens is 3. The van der Waals surface area contributed by atoms with E-state index in [9.17, 15) is 0 Å². The molecule has 1 aromatic carbocycles. The van der Waals surface area contributed by atoms with Crippen LogP contribution in [0.5, 0.6) is 5.75 Å². The van der Waals surface area contributed by atoms with Crippen LogP contribution in [0.3, 0.4) is 0 Å². The molecule has 0 amide bonds. The Morgan fingerprint density at radius 3 is 3.20 bits per heavy atom. The molecule has 0 radical (unpaired) electrons. The van der Waals surface area contributed by atoms with E-state index < -0.39 is 0 Å². The summed E-state index contributed by atoms with van der Waals surface area (Å²) in [6.45, 7) is 5.43. The van der Waals surface area contributed by atoms with E-state index in [4.69, 9.17) is 4.74 Å². The Hall–Kier alpha value is -1.88. The van der Waals surface area contributed by atoms with Crippen LogP contribution in [0.2, 0.25) is 0 Å². The van der Waals surface area contributed by atoms with E-state index >= 15 is 0 Å². The number of fused-ring (bicyclic) bond motifs is 1. The fourth-order valence-electron chi connectivity index (χ4n) is 2.63. The smallest absolute Gasteiger partial charge is 0.140 e. The first-order valence-corrected chi connectivity index (χ1v) is 7.17.